The van der Waals surface area contributed by atoms with Crippen molar-refractivity contribution in [3.05, 3.63) is 0 Å². The monoisotopic (exact) mass is 235 g/mol. The van der Waals surface area contributed by atoms with E-state index in [0.29, 0.717) is 12.5 Å². The average molecular weight is 236 g/mol. The molecule has 4 heteroatoms. The summed E-state index contributed by atoms with van der Waals surface area (Å²) in [6.45, 7) is 10.6. The number of hydrogen-bond acceptors (Lipinski definition) is 3. The third kappa shape index (κ3) is 3.65. The summed E-state index contributed by atoms with van der Waals surface area (Å²) in [4.78, 5) is 11.6. The minimum atomic E-state index is -0.0441. The Morgan fingerprint density at radius 3 is 2.47 bits per heavy atom. The third-order valence-corrected chi connectivity index (χ3v) is 2.92. The molecule has 3 nitrogen and oxygen atoms in total. The molecular formula is C11H22ClNO2. The van der Waals surface area contributed by atoms with Gasteiger partial charge in [-0.3, -0.25) is 4.79 Å². The number of nitrogens with one attached hydrogen (secondary N) is 1. The van der Waals surface area contributed by atoms with Gasteiger partial charge in [0.2, 0.25) is 0 Å². The minimum Gasteiger partial charge on any atom is -0.466 e. The molecule has 1 aliphatic rings. The Labute approximate surface area is 98.4 Å². The van der Waals surface area contributed by atoms with Crippen molar-refractivity contribution < 1.29 is 9.53 Å². The lowest BCUT2D eigenvalue weighted by Crippen LogP contribution is -2.33. The molecular weight excluding hydrogens is 214 g/mol. The van der Waals surface area contributed by atoms with Crippen LogP contribution >= 0.6 is 12.4 Å². The molecule has 1 fully saturated rings. The lowest BCUT2D eigenvalue weighted by atomic mass is 9.75. The van der Waals surface area contributed by atoms with Crippen molar-refractivity contribution >= 4 is 18.4 Å². The topological polar surface area (TPSA) is 38.3 Å². The maximum Gasteiger partial charge on any atom is 0.310 e. The molecule has 0 unspecified atom stereocenters. The molecule has 15 heavy (non-hydrogen) atoms. The number of carbonyl (C=O) groups excluding carboxylic acids is 1. The van der Waals surface area contributed by atoms with E-state index in [1.54, 1.807) is 0 Å². The molecule has 1 saturated heterocycles. The highest BCUT2D eigenvalue weighted by molar-refractivity contribution is 5.85. The van der Waals surface area contributed by atoms with Crippen LogP contribution in [-0.2, 0) is 9.53 Å². The van der Waals surface area contributed by atoms with E-state index in [1.807, 2.05) is 6.92 Å². The fourth-order valence-corrected chi connectivity index (χ4v) is 2.09. The van der Waals surface area contributed by atoms with Crippen LogP contribution in [0.15, 0.2) is 0 Å². The molecule has 0 aliphatic carbocycles. The van der Waals surface area contributed by atoms with Gasteiger partial charge in [-0.15, -0.1) is 12.4 Å². The lowest BCUT2D eigenvalue weighted by molar-refractivity contribution is -0.149. The van der Waals surface area contributed by atoms with Crippen LogP contribution in [0, 0.1) is 17.3 Å². The molecule has 0 amide bonds. The summed E-state index contributed by atoms with van der Waals surface area (Å²) in [5, 5.41) is 3.27. The van der Waals surface area contributed by atoms with Gasteiger partial charge in [0.25, 0.3) is 0 Å². The van der Waals surface area contributed by atoms with Gasteiger partial charge in [-0.25, -0.2) is 0 Å². The summed E-state index contributed by atoms with van der Waals surface area (Å²) in [6.07, 6.45) is 0. The van der Waals surface area contributed by atoms with Crippen molar-refractivity contribution in [3.8, 4) is 0 Å². The molecule has 0 radical (unpaired) electrons. The number of ether oxygens (including phenoxy) is 1. The van der Waals surface area contributed by atoms with Crippen LogP contribution in [0.5, 0.6) is 0 Å². The van der Waals surface area contributed by atoms with Gasteiger partial charge >= 0.3 is 5.97 Å². The van der Waals surface area contributed by atoms with Gasteiger partial charge < -0.3 is 10.1 Å². The van der Waals surface area contributed by atoms with E-state index >= 15 is 0 Å². The molecule has 1 rings (SSSR count). The number of hydrogen-bond donors (Lipinski definition) is 1. The zero-order valence-electron chi connectivity index (χ0n) is 10.0. The molecule has 0 aromatic carbocycles. The van der Waals surface area contributed by atoms with Crippen molar-refractivity contribution in [1.29, 1.82) is 0 Å². The molecule has 0 aromatic heterocycles. The Kier molecular flexibility index (Phi) is 5.60. The van der Waals surface area contributed by atoms with Gasteiger partial charge in [0.15, 0.2) is 0 Å². The Morgan fingerprint density at radius 2 is 2.00 bits per heavy atom. The average Bonchev–Trinajstić information content (AvgIpc) is 2.50. The Bertz CT molecular complexity index is 213. The van der Waals surface area contributed by atoms with Crippen molar-refractivity contribution in [3.63, 3.8) is 0 Å². The van der Waals surface area contributed by atoms with Crippen molar-refractivity contribution in [2.75, 3.05) is 19.7 Å². The molecule has 90 valence electrons. The quantitative estimate of drug-likeness (QED) is 0.743. The van der Waals surface area contributed by atoms with E-state index in [4.69, 9.17) is 4.74 Å². The maximum absolute atomic E-state index is 11.6. The van der Waals surface area contributed by atoms with Gasteiger partial charge in [-0.1, -0.05) is 20.8 Å². The predicted octanol–water partition coefficient (Wildman–Crippen LogP) is 1.85. The summed E-state index contributed by atoms with van der Waals surface area (Å²) in [5.74, 6) is 0.383. The van der Waals surface area contributed by atoms with Gasteiger partial charge in [-0.05, 0) is 24.8 Å². The molecule has 1 heterocycles. The first-order chi connectivity index (χ1) is 6.46. The Balaban J connectivity index is 0.00000196. The van der Waals surface area contributed by atoms with Gasteiger partial charge in [0, 0.05) is 6.54 Å². The van der Waals surface area contributed by atoms with Crippen molar-refractivity contribution in [2.24, 2.45) is 17.3 Å². The number of halogens is 1. The van der Waals surface area contributed by atoms with Gasteiger partial charge in [-0.2, -0.15) is 0 Å². The normalized spacial score (nSPS) is 25.9. The van der Waals surface area contributed by atoms with Crippen LogP contribution in [0.25, 0.3) is 0 Å². The maximum atomic E-state index is 11.6. The Morgan fingerprint density at radius 1 is 1.40 bits per heavy atom. The van der Waals surface area contributed by atoms with E-state index in [9.17, 15) is 4.79 Å². The summed E-state index contributed by atoms with van der Waals surface area (Å²) in [6, 6.07) is 0. The van der Waals surface area contributed by atoms with E-state index < -0.39 is 0 Å². The fraction of sp³-hybridized carbons (Fsp3) is 0.909. The first kappa shape index (κ1) is 14.7. The van der Waals surface area contributed by atoms with Crippen LogP contribution in [-0.4, -0.2) is 25.7 Å². The lowest BCUT2D eigenvalue weighted by Gasteiger charge is -2.30. The van der Waals surface area contributed by atoms with E-state index in [2.05, 4.69) is 26.1 Å². The Hall–Kier alpha value is -0.280. The fourth-order valence-electron chi connectivity index (χ4n) is 2.09. The smallest absolute Gasteiger partial charge is 0.310 e. The first-order valence-electron chi connectivity index (χ1n) is 5.34. The second kappa shape index (κ2) is 5.71. The molecule has 1 N–H and O–H groups in total. The summed E-state index contributed by atoms with van der Waals surface area (Å²) in [5.41, 5.74) is 0.168. The van der Waals surface area contributed by atoms with Crippen molar-refractivity contribution in [2.45, 2.75) is 27.7 Å². The number of esters is 1. The predicted molar refractivity (Wildman–Crippen MR) is 63.2 cm³/mol. The molecule has 0 saturated carbocycles. The minimum absolute atomic E-state index is 0. The molecule has 2 atom stereocenters. The van der Waals surface area contributed by atoms with Gasteiger partial charge in [0.05, 0.1) is 12.5 Å². The summed E-state index contributed by atoms with van der Waals surface area (Å²) >= 11 is 0. The second-order valence-corrected chi connectivity index (χ2v) is 4.99. The second-order valence-electron chi connectivity index (χ2n) is 4.99. The highest BCUT2D eigenvalue weighted by Crippen LogP contribution is 2.34. The summed E-state index contributed by atoms with van der Waals surface area (Å²) in [7, 11) is 0. The third-order valence-electron chi connectivity index (χ3n) is 2.92. The van der Waals surface area contributed by atoms with Crippen LogP contribution in [0.4, 0.5) is 0 Å². The summed E-state index contributed by atoms with van der Waals surface area (Å²) < 4.78 is 5.07. The zero-order valence-corrected chi connectivity index (χ0v) is 10.8. The molecule has 0 spiro atoms. The van der Waals surface area contributed by atoms with Crippen LogP contribution in [0.3, 0.4) is 0 Å². The highest BCUT2D eigenvalue weighted by Gasteiger charge is 2.40. The number of rotatable bonds is 2. The molecule has 0 bridgehead atoms. The van der Waals surface area contributed by atoms with E-state index in [0.717, 1.165) is 13.1 Å². The molecule has 0 aromatic rings. The standard InChI is InChI=1S/C11H21NO2.ClH/c1-5-14-10(13)8-6-12-7-9(8)11(2,3)4;/h8-9,12H,5-7H2,1-4H3;1H/t8-,9-;/m1./s1. The van der Waals surface area contributed by atoms with E-state index in [1.165, 1.54) is 0 Å². The van der Waals surface area contributed by atoms with Crippen LogP contribution < -0.4 is 5.32 Å². The van der Waals surface area contributed by atoms with Crippen LogP contribution in [0.2, 0.25) is 0 Å². The van der Waals surface area contributed by atoms with E-state index in [-0.39, 0.29) is 29.7 Å². The van der Waals surface area contributed by atoms with Gasteiger partial charge in [0.1, 0.15) is 0 Å². The number of carbonyl (C=O) groups is 1. The highest BCUT2D eigenvalue weighted by atomic mass is 35.5. The van der Waals surface area contributed by atoms with Crippen LogP contribution in [0.1, 0.15) is 27.7 Å². The SMILES string of the molecule is CCOC(=O)[C@@H]1CNC[C@H]1C(C)(C)C.Cl. The zero-order chi connectivity index (χ0) is 10.8. The largest absolute Gasteiger partial charge is 0.466 e. The first-order valence-corrected chi connectivity index (χ1v) is 5.34. The molecule has 1 aliphatic heterocycles. The van der Waals surface area contributed by atoms with Crippen molar-refractivity contribution in [1.82, 2.24) is 5.32 Å².